The lowest BCUT2D eigenvalue weighted by atomic mass is 10.2. The number of carbonyl (C=O) groups excluding carboxylic acids is 1. The molecule has 6 heteroatoms. The van der Waals surface area contributed by atoms with E-state index in [-0.39, 0.29) is 12.3 Å². The van der Waals surface area contributed by atoms with Gasteiger partial charge in [0.25, 0.3) is 0 Å². The van der Waals surface area contributed by atoms with Crippen LogP contribution in [0.4, 0.5) is 10.8 Å². The summed E-state index contributed by atoms with van der Waals surface area (Å²) in [5, 5.41) is 5.55. The second-order valence-electron chi connectivity index (χ2n) is 4.87. The summed E-state index contributed by atoms with van der Waals surface area (Å²) in [6.07, 6.45) is 0.276. The van der Waals surface area contributed by atoms with Gasteiger partial charge in [0.1, 0.15) is 0 Å². The summed E-state index contributed by atoms with van der Waals surface area (Å²) in [6.45, 7) is 3.87. The van der Waals surface area contributed by atoms with Crippen LogP contribution in [0, 0.1) is 13.8 Å². The van der Waals surface area contributed by atoms with E-state index < -0.39 is 0 Å². The topological polar surface area (TPSA) is 46.1 Å². The van der Waals surface area contributed by atoms with Gasteiger partial charge in [-0.25, -0.2) is 9.97 Å². The summed E-state index contributed by atoms with van der Waals surface area (Å²) in [6, 6.07) is 9.61. The maximum absolute atomic E-state index is 12.8. The summed E-state index contributed by atoms with van der Waals surface area (Å²) in [5.41, 5.74) is 2.55. The lowest BCUT2D eigenvalue weighted by Crippen LogP contribution is -2.27. The molecule has 3 aromatic rings. The van der Waals surface area contributed by atoms with Gasteiger partial charge in [-0.2, -0.15) is 0 Å². The van der Waals surface area contributed by atoms with E-state index in [1.807, 2.05) is 54.9 Å². The molecule has 22 heavy (non-hydrogen) atoms. The Morgan fingerprint density at radius 1 is 1.09 bits per heavy atom. The second kappa shape index (κ2) is 6.37. The van der Waals surface area contributed by atoms with Gasteiger partial charge in [0.15, 0.2) is 5.13 Å². The molecule has 4 nitrogen and oxygen atoms in total. The fraction of sp³-hybridized carbons (Fsp3) is 0.188. The fourth-order valence-electron chi connectivity index (χ4n) is 2.11. The van der Waals surface area contributed by atoms with Gasteiger partial charge in [0, 0.05) is 10.8 Å². The minimum Gasteiger partial charge on any atom is -0.274 e. The number of rotatable bonds is 4. The lowest BCUT2D eigenvalue weighted by Gasteiger charge is -2.19. The first kappa shape index (κ1) is 14.9. The number of amides is 1. The van der Waals surface area contributed by atoms with Crippen molar-refractivity contribution in [3.8, 4) is 0 Å². The zero-order chi connectivity index (χ0) is 15.5. The van der Waals surface area contributed by atoms with Crippen LogP contribution < -0.4 is 4.90 Å². The first-order chi connectivity index (χ1) is 10.6. The van der Waals surface area contributed by atoms with Crippen LogP contribution in [0.5, 0.6) is 0 Å². The van der Waals surface area contributed by atoms with E-state index in [1.54, 1.807) is 16.2 Å². The third-order valence-electron chi connectivity index (χ3n) is 3.06. The Morgan fingerprint density at radius 2 is 1.86 bits per heavy atom. The van der Waals surface area contributed by atoms with Gasteiger partial charge in [-0.05, 0) is 26.0 Å². The standard InChI is InChI=1S/C16H15N3OS2/c1-11-9-22-16(17-11)19(14-6-4-3-5-7-14)15(20)8-13-10-21-12(2)18-13/h3-7,9-10H,8H2,1-2H3. The van der Waals surface area contributed by atoms with Crippen molar-refractivity contribution in [3.05, 3.63) is 57.5 Å². The van der Waals surface area contributed by atoms with Crippen LogP contribution in [0.3, 0.4) is 0 Å². The van der Waals surface area contributed by atoms with Crippen molar-refractivity contribution in [1.82, 2.24) is 9.97 Å². The SMILES string of the molecule is Cc1csc(N(C(=O)Cc2csc(C)n2)c2ccccc2)n1. The van der Waals surface area contributed by atoms with E-state index in [4.69, 9.17) is 0 Å². The number of aryl methyl sites for hydroxylation is 2. The highest BCUT2D eigenvalue weighted by molar-refractivity contribution is 7.14. The maximum Gasteiger partial charge on any atom is 0.239 e. The van der Waals surface area contributed by atoms with Crippen molar-refractivity contribution >= 4 is 39.4 Å². The molecule has 2 heterocycles. The number of aromatic nitrogens is 2. The van der Waals surface area contributed by atoms with E-state index in [9.17, 15) is 4.79 Å². The Hall–Kier alpha value is -2.05. The summed E-state index contributed by atoms with van der Waals surface area (Å²) in [7, 11) is 0. The highest BCUT2D eigenvalue weighted by Crippen LogP contribution is 2.29. The Balaban J connectivity index is 1.93. The summed E-state index contributed by atoms with van der Waals surface area (Å²) >= 11 is 3.03. The zero-order valence-corrected chi connectivity index (χ0v) is 13.9. The Morgan fingerprint density at radius 3 is 2.45 bits per heavy atom. The van der Waals surface area contributed by atoms with Crippen LogP contribution >= 0.6 is 22.7 Å². The minimum atomic E-state index is -0.0224. The van der Waals surface area contributed by atoms with E-state index in [0.717, 1.165) is 22.1 Å². The van der Waals surface area contributed by atoms with Crippen molar-refractivity contribution in [2.24, 2.45) is 0 Å². The minimum absolute atomic E-state index is 0.0224. The molecule has 0 bridgehead atoms. The van der Waals surface area contributed by atoms with Crippen LogP contribution in [0.1, 0.15) is 16.4 Å². The van der Waals surface area contributed by atoms with E-state index >= 15 is 0 Å². The van der Waals surface area contributed by atoms with Crippen LogP contribution in [0.25, 0.3) is 0 Å². The normalized spacial score (nSPS) is 10.6. The molecule has 0 spiro atoms. The smallest absolute Gasteiger partial charge is 0.239 e. The lowest BCUT2D eigenvalue weighted by molar-refractivity contribution is -0.117. The summed E-state index contributed by atoms with van der Waals surface area (Å²) < 4.78 is 0. The molecule has 2 aromatic heterocycles. The van der Waals surface area contributed by atoms with Gasteiger partial charge < -0.3 is 0 Å². The number of nitrogens with zero attached hydrogens (tertiary/aromatic N) is 3. The number of thiazole rings is 2. The summed E-state index contributed by atoms with van der Waals surface area (Å²) in [5.74, 6) is -0.0224. The van der Waals surface area contributed by atoms with E-state index in [1.165, 1.54) is 11.3 Å². The van der Waals surface area contributed by atoms with Gasteiger partial charge in [-0.15, -0.1) is 22.7 Å². The number of carbonyl (C=O) groups is 1. The van der Waals surface area contributed by atoms with Gasteiger partial charge in [-0.3, -0.25) is 9.69 Å². The molecule has 0 radical (unpaired) electrons. The van der Waals surface area contributed by atoms with Gasteiger partial charge in [-0.1, -0.05) is 18.2 Å². The Labute approximate surface area is 137 Å². The van der Waals surface area contributed by atoms with Crippen LogP contribution in [0.2, 0.25) is 0 Å². The molecule has 0 atom stereocenters. The van der Waals surface area contributed by atoms with Gasteiger partial charge in [0.05, 0.1) is 28.5 Å². The summed E-state index contributed by atoms with van der Waals surface area (Å²) in [4.78, 5) is 23.3. The Kier molecular flexibility index (Phi) is 4.31. The largest absolute Gasteiger partial charge is 0.274 e. The van der Waals surface area contributed by atoms with E-state index in [2.05, 4.69) is 9.97 Å². The van der Waals surface area contributed by atoms with E-state index in [0.29, 0.717) is 5.13 Å². The van der Waals surface area contributed by atoms with Crippen molar-refractivity contribution in [2.45, 2.75) is 20.3 Å². The highest BCUT2D eigenvalue weighted by Gasteiger charge is 2.21. The number of benzene rings is 1. The van der Waals surface area contributed by atoms with Crippen LogP contribution in [0.15, 0.2) is 41.1 Å². The predicted octanol–water partition coefficient (Wildman–Crippen LogP) is 4.12. The fourth-order valence-corrected chi connectivity index (χ4v) is 3.56. The molecule has 0 fully saturated rings. The first-order valence-electron chi connectivity index (χ1n) is 6.84. The molecule has 1 aromatic carbocycles. The van der Waals surface area contributed by atoms with Crippen LogP contribution in [-0.4, -0.2) is 15.9 Å². The number of hydrogen-bond donors (Lipinski definition) is 0. The average Bonchev–Trinajstić information content (AvgIpc) is 3.09. The second-order valence-corrected chi connectivity index (χ2v) is 6.77. The third-order valence-corrected chi connectivity index (χ3v) is 4.83. The molecule has 1 amide bonds. The molecule has 3 rings (SSSR count). The quantitative estimate of drug-likeness (QED) is 0.723. The molecule has 0 aliphatic rings. The van der Waals surface area contributed by atoms with Crippen molar-refractivity contribution in [2.75, 3.05) is 4.90 Å². The zero-order valence-electron chi connectivity index (χ0n) is 12.3. The number of para-hydroxylation sites is 1. The monoisotopic (exact) mass is 329 g/mol. The van der Waals surface area contributed by atoms with Crippen molar-refractivity contribution < 1.29 is 4.79 Å². The van der Waals surface area contributed by atoms with Gasteiger partial charge in [0.2, 0.25) is 5.91 Å². The Bertz CT molecular complexity index is 780. The molecular formula is C16H15N3OS2. The molecular weight excluding hydrogens is 314 g/mol. The molecule has 0 aliphatic carbocycles. The predicted molar refractivity (Wildman–Crippen MR) is 91.0 cm³/mol. The molecule has 0 unspecified atom stereocenters. The van der Waals surface area contributed by atoms with Crippen molar-refractivity contribution in [1.29, 1.82) is 0 Å². The number of anilines is 2. The highest BCUT2D eigenvalue weighted by atomic mass is 32.1. The van der Waals surface area contributed by atoms with Crippen LogP contribution in [-0.2, 0) is 11.2 Å². The third kappa shape index (κ3) is 3.23. The number of hydrogen-bond acceptors (Lipinski definition) is 5. The molecule has 0 N–H and O–H groups in total. The molecule has 0 aliphatic heterocycles. The maximum atomic E-state index is 12.8. The molecule has 0 saturated carbocycles. The first-order valence-corrected chi connectivity index (χ1v) is 8.60. The average molecular weight is 329 g/mol. The van der Waals surface area contributed by atoms with Gasteiger partial charge >= 0.3 is 0 Å². The molecule has 0 saturated heterocycles. The van der Waals surface area contributed by atoms with Crippen molar-refractivity contribution in [3.63, 3.8) is 0 Å². The molecule has 112 valence electrons.